The molecule has 2 heterocycles. The molecule has 2 aromatic rings. The van der Waals surface area contributed by atoms with Gasteiger partial charge in [-0.15, -0.1) is 10.2 Å². The van der Waals surface area contributed by atoms with Gasteiger partial charge in [0, 0.05) is 5.25 Å². The fourth-order valence-electron chi connectivity index (χ4n) is 2.29. The van der Waals surface area contributed by atoms with Gasteiger partial charge in [0.1, 0.15) is 11.4 Å². The lowest BCUT2D eigenvalue weighted by atomic mass is 10.0. The summed E-state index contributed by atoms with van der Waals surface area (Å²) < 4.78 is 0. The van der Waals surface area contributed by atoms with E-state index in [1.807, 2.05) is 6.26 Å². The van der Waals surface area contributed by atoms with Crippen molar-refractivity contribution in [3.8, 4) is 11.4 Å². The zero-order valence-corrected chi connectivity index (χ0v) is 13.4. The van der Waals surface area contributed by atoms with Gasteiger partial charge in [0.2, 0.25) is 10.3 Å². The highest BCUT2D eigenvalue weighted by atomic mass is 32.2. The first-order valence-corrected chi connectivity index (χ1v) is 9.06. The summed E-state index contributed by atoms with van der Waals surface area (Å²) in [5, 5.41) is 18.0. The molecule has 0 atom stereocenters. The van der Waals surface area contributed by atoms with Gasteiger partial charge >= 0.3 is 0 Å². The van der Waals surface area contributed by atoms with E-state index < -0.39 is 0 Å². The summed E-state index contributed by atoms with van der Waals surface area (Å²) in [6.45, 7) is 0. The van der Waals surface area contributed by atoms with Gasteiger partial charge < -0.3 is 0 Å². The van der Waals surface area contributed by atoms with Gasteiger partial charge in [-0.1, -0.05) is 42.8 Å². The Kier molecular flexibility index (Phi) is 4.97. The van der Waals surface area contributed by atoms with E-state index in [4.69, 9.17) is 0 Å². The fourth-order valence-corrected chi connectivity index (χ4v) is 3.72. The Hall–Kier alpha value is -1.28. The number of hydrogen-bond donors (Lipinski definition) is 0. The topological polar surface area (TPSA) is 77.3 Å². The number of rotatable bonds is 4. The third-order valence-electron chi connectivity index (χ3n) is 3.35. The Labute approximate surface area is 132 Å². The van der Waals surface area contributed by atoms with Crippen LogP contribution < -0.4 is 0 Å². The summed E-state index contributed by atoms with van der Waals surface area (Å²) >= 11 is 3.19. The second-order valence-corrected chi connectivity index (χ2v) is 6.87. The van der Waals surface area contributed by atoms with Crippen LogP contribution >= 0.6 is 23.5 Å². The Bertz CT molecular complexity index is 603. The normalized spacial score (nSPS) is 16.0. The molecule has 0 saturated heterocycles. The second kappa shape index (κ2) is 7.13. The summed E-state index contributed by atoms with van der Waals surface area (Å²) in [4.78, 5) is 8.96. The van der Waals surface area contributed by atoms with Crippen LogP contribution in [-0.4, -0.2) is 41.9 Å². The standard InChI is InChI=1S/C13H16N6S2/c1-20-12-16-10(7-14-18-12)11-8-15-19-13(17-11)21-9-5-3-2-4-6-9/h7-9H,2-6H2,1H3. The van der Waals surface area contributed by atoms with Crippen molar-refractivity contribution in [2.75, 3.05) is 6.26 Å². The minimum absolute atomic E-state index is 0.612. The van der Waals surface area contributed by atoms with Crippen molar-refractivity contribution in [2.45, 2.75) is 47.7 Å². The Balaban J connectivity index is 1.78. The zero-order valence-electron chi connectivity index (χ0n) is 11.8. The van der Waals surface area contributed by atoms with Gasteiger partial charge in [0.15, 0.2) is 0 Å². The highest BCUT2D eigenvalue weighted by Crippen LogP contribution is 2.32. The molecule has 0 unspecified atom stereocenters. The quantitative estimate of drug-likeness (QED) is 0.796. The first-order chi connectivity index (χ1) is 10.3. The minimum atomic E-state index is 0.612. The lowest BCUT2D eigenvalue weighted by Crippen LogP contribution is -2.09. The largest absolute Gasteiger partial charge is 0.218 e. The van der Waals surface area contributed by atoms with Gasteiger partial charge in [-0.25, -0.2) is 9.97 Å². The van der Waals surface area contributed by atoms with Crippen LogP contribution in [0.15, 0.2) is 22.7 Å². The first-order valence-electron chi connectivity index (χ1n) is 6.95. The average molecular weight is 320 g/mol. The van der Waals surface area contributed by atoms with Crippen molar-refractivity contribution in [1.82, 2.24) is 30.4 Å². The summed E-state index contributed by atoms with van der Waals surface area (Å²) in [6, 6.07) is 0. The van der Waals surface area contributed by atoms with Gasteiger partial charge in [-0.05, 0) is 19.1 Å². The van der Waals surface area contributed by atoms with E-state index in [1.165, 1.54) is 43.9 Å². The molecule has 1 aliphatic carbocycles. The molecule has 0 aliphatic heterocycles. The number of nitrogens with zero attached hydrogens (tertiary/aromatic N) is 6. The molecule has 3 rings (SSSR count). The number of aromatic nitrogens is 6. The van der Waals surface area contributed by atoms with Crippen LogP contribution in [0, 0.1) is 0 Å². The first kappa shape index (κ1) is 14.6. The molecule has 0 N–H and O–H groups in total. The van der Waals surface area contributed by atoms with E-state index in [0.717, 1.165) is 5.16 Å². The molecule has 1 aliphatic rings. The molecule has 6 nitrogen and oxygen atoms in total. The van der Waals surface area contributed by atoms with Crippen LogP contribution in [0.2, 0.25) is 0 Å². The number of thioether (sulfide) groups is 2. The molecule has 0 amide bonds. The maximum Gasteiger partial charge on any atom is 0.209 e. The molecule has 0 spiro atoms. The van der Waals surface area contributed by atoms with Gasteiger partial charge in [-0.2, -0.15) is 10.2 Å². The SMILES string of the molecule is CSc1nncc(-c2cnnc(SC3CCCCC3)n2)n1. The third kappa shape index (κ3) is 3.88. The molecule has 110 valence electrons. The van der Waals surface area contributed by atoms with E-state index in [1.54, 1.807) is 24.2 Å². The highest BCUT2D eigenvalue weighted by molar-refractivity contribution is 7.99. The van der Waals surface area contributed by atoms with E-state index in [2.05, 4.69) is 30.4 Å². The third-order valence-corrected chi connectivity index (χ3v) is 5.07. The van der Waals surface area contributed by atoms with Gasteiger partial charge in [0.05, 0.1) is 12.4 Å². The molecule has 8 heteroatoms. The van der Waals surface area contributed by atoms with Crippen LogP contribution in [0.1, 0.15) is 32.1 Å². The van der Waals surface area contributed by atoms with E-state index >= 15 is 0 Å². The Morgan fingerprint density at radius 2 is 1.52 bits per heavy atom. The molecule has 0 radical (unpaired) electrons. The lowest BCUT2D eigenvalue weighted by Gasteiger charge is -2.19. The van der Waals surface area contributed by atoms with E-state index in [0.29, 0.717) is 21.8 Å². The highest BCUT2D eigenvalue weighted by Gasteiger charge is 2.17. The monoisotopic (exact) mass is 320 g/mol. The van der Waals surface area contributed by atoms with Crippen molar-refractivity contribution in [3.63, 3.8) is 0 Å². The Morgan fingerprint density at radius 3 is 2.19 bits per heavy atom. The molecule has 1 saturated carbocycles. The lowest BCUT2D eigenvalue weighted by molar-refractivity contribution is 0.515. The summed E-state index contributed by atoms with van der Waals surface area (Å²) in [5.74, 6) is 0. The maximum absolute atomic E-state index is 4.56. The van der Waals surface area contributed by atoms with Crippen LogP contribution in [0.4, 0.5) is 0 Å². The zero-order chi connectivity index (χ0) is 14.5. The van der Waals surface area contributed by atoms with Crippen molar-refractivity contribution < 1.29 is 0 Å². The maximum atomic E-state index is 4.56. The van der Waals surface area contributed by atoms with Gasteiger partial charge in [-0.3, -0.25) is 0 Å². The van der Waals surface area contributed by atoms with Crippen LogP contribution in [0.25, 0.3) is 11.4 Å². The predicted octanol–water partition coefficient (Wildman–Crippen LogP) is 2.87. The number of hydrogen-bond acceptors (Lipinski definition) is 8. The second-order valence-electron chi connectivity index (χ2n) is 4.83. The molecule has 0 aromatic carbocycles. The van der Waals surface area contributed by atoms with Crippen molar-refractivity contribution in [2.24, 2.45) is 0 Å². The van der Waals surface area contributed by atoms with Crippen LogP contribution in [-0.2, 0) is 0 Å². The molecular weight excluding hydrogens is 304 g/mol. The van der Waals surface area contributed by atoms with Gasteiger partial charge in [0.25, 0.3) is 0 Å². The molecular formula is C13H16N6S2. The molecule has 1 fully saturated rings. The van der Waals surface area contributed by atoms with Crippen molar-refractivity contribution in [1.29, 1.82) is 0 Å². The van der Waals surface area contributed by atoms with E-state index in [9.17, 15) is 0 Å². The van der Waals surface area contributed by atoms with E-state index in [-0.39, 0.29) is 0 Å². The van der Waals surface area contributed by atoms with Crippen LogP contribution in [0.3, 0.4) is 0 Å². The van der Waals surface area contributed by atoms with Crippen LogP contribution in [0.5, 0.6) is 0 Å². The minimum Gasteiger partial charge on any atom is -0.218 e. The fraction of sp³-hybridized carbons (Fsp3) is 0.538. The summed E-state index contributed by atoms with van der Waals surface area (Å²) in [6.07, 6.45) is 11.6. The predicted molar refractivity (Wildman–Crippen MR) is 83.2 cm³/mol. The summed E-state index contributed by atoms with van der Waals surface area (Å²) in [5.41, 5.74) is 1.39. The Morgan fingerprint density at radius 1 is 0.905 bits per heavy atom. The summed E-state index contributed by atoms with van der Waals surface area (Å²) in [7, 11) is 0. The molecule has 0 bridgehead atoms. The average Bonchev–Trinajstić information content (AvgIpc) is 2.56. The van der Waals surface area contributed by atoms with Crippen molar-refractivity contribution in [3.05, 3.63) is 12.4 Å². The van der Waals surface area contributed by atoms with Crippen molar-refractivity contribution >= 4 is 23.5 Å². The molecule has 21 heavy (non-hydrogen) atoms. The molecule has 2 aromatic heterocycles. The smallest absolute Gasteiger partial charge is 0.209 e.